The van der Waals surface area contributed by atoms with Gasteiger partial charge in [0, 0.05) is 18.8 Å². The molecule has 0 atom stereocenters. The smallest absolute Gasteiger partial charge is 0.331 e. The number of carbonyl (C=O) groups is 2. The number of unbranched alkanes of at least 4 members (excludes halogenated alkanes) is 1. The zero-order valence-electron chi connectivity index (χ0n) is 8.35. The number of hydrogen-bond acceptors (Lipinski definition) is 4. The summed E-state index contributed by atoms with van der Waals surface area (Å²) in [7, 11) is 0. The zero-order chi connectivity index (χ0) is 12.3. The summed E-state index contributed by atoms with van der Waals surface area (Å²) >= 11 is 0. The van der Waals surface area contributed by atoms with Crippen LogP contribution in [0.1, 0.15) is 19.3 Å². The average Bonchev–Trinajstić information content (AvgIpc) is 2.14. The normalized spacial score (nSPS) is 8.67. The van der Waals surface area contributed by atoms with Crippen LogP contribution in [0.5, 0.6) is 0 Å². The number of hydrogen-bond donors (Lipinski definition) is 4. The van der Waals surface area contributed by atoms with E-state index in [-0.39, 0.29) is 18.8 Å². The maximum absolute atomic E-state index is 9.87. The topological polar surface area (TPSA) is 115 Å². The second kappa shape index (κ2) is 10.7. The Labute approximate surface area is 87.5 Å². The highest BCUT2D eigenvalue weighted by Gasteiger charge is 2.07. The lowest BCUT2D eigenvalue weighted by molar-refractivity contribution is -0.139. The minimum Gasteiger partial charge on any atom is -0.481 e. The fourth-order valence-corrected chi connectivity index (χ4v) is 0.482. The van der Waals surface area contributed by atoms with Crippen LogP contribution in [-0.4, -0.2) is 45.6 Å². The first-order valence-electron chi connectivity index (χ1n) is 4.30. The molecule has 0 radical (unpaired) electrons. The van der Waals surface area contributed by atoms with Gasteiger partial charge in [0.05, 0.1) is 6.42 Å². The van der Waals surface area contributed by atoms with Gasteiger partial charge in [0.25, 0.3) is 0 Å². The molecule has 88 valence electrons. The molecule has 15 heavy (non-hydrogen) atoms. The molecular weight excluding hydrogens is 204 g/mol. The van der Waals surface area contributed by atoms with Gasteiger partial charge in [0.1, 0.15) is 0 Å². The highest BCUT2D eigenvalue weighted by molar-refractivity contribution is 5.91. The third-order valence-corrected chi connectivity index (χ3v) is 1.23. The van der Waals surface area contributed by atoms with Crippen LogP contribution < -0.4 is 0 Å². The van der Waals surface area contributed by atoms with Crippen LogP contribution in [0.3, 0.4) is 0 Å². The van der Waals surface area contributed by atoms with Crippen molar-refractivity contribution in [3.8, 4) is 0 Å². The molecule has 0 amide bonds. The minimum atomic E-state index is -1.27. The van der Waals surface area contributed by atoms with E-state index in [1.807, 2.05) is 0 Å². The Morgan fingerprint density at radius 3 is 1.53 bits per heavy atom. The second-order valence-electron chi connectivity index (χ2n) is 2.63. The third-order valence-electron chi connectivity index (χ3n) is 1.23. The van der Waals surface area contributed by atoms with Gasteiger partial charge in [-0.15, -0.1) is 0 Å². The molecule has 0 aromatic rings. The molecule has 6 heteroatoms. The summed E-state index contributed by atoms with van der Waals surface area (Å²) in [5, 5.41) is 32.2. The quantitative estimate of drug-likeness (QED) is 0.365. The summed E-state index contributed by atoms with van der Waals surface area (Å²) in [6, 6.07) is 0. The molecule has 0 spiro atoms. The summed E-state index contributed by atoms with van der Waals surface area (Å²) in [6.45, 7) is 3.40. The predicted octanol–water partition coefficient (Wildman–Crippen LogP) is -0.147. The molecule has 0 heterocycles. The molecule has 0 aliphatic rings. The van der Waals surface area contributed by atoms with E-state index >= 15 is 0 Å². The Kier molecular flexibility index (Phi) is 11.4. The SMILES string of the molecule is C=C(CC(=O)O)C(=O)O.OCCCCO. The lowest BCUT2D eigenvalue weighted by atomic mass is 10.2. The van der Waals surface area contributed by atoms with E-state index in [0.717, 1.165) is 12.8 Å². The van der Waals surface area contributed by atoms with Crippen molar-refractivity contribution in [2.24, 2.45) is 0 Å². The van der Waals surface area contributed by atoms with E-state index in [9.17, 15) is 9.59 Å². The Bertz CT molecular complexity index is 207. The molecule has 0 aromatic carbocycles. The van der Waals surface area contributed by atoms with Crippen molar-refractivity contribution < 1.29 is 30.0 Å². The first-order valence-corrected chi connectivity index (χ1v) is 4.30. The van der Waals surface area contributed by atoms with Gasteiger partial charge in [-0.05, 0) is 12.8 Å². The molecule has 6 nitrogen and oxygen atoms in total. The van der Waals surface area contributed by atoms with Crippen LogP contribution in [0.25, 0.3) is 0 Å². The summed E-state index contributed by atoms with van der Waals surface area (Å²) < 4.78 is 0. The largest absolute Gasteiger partial charge is 0.481 e. The molecule has 0 saturated carbocycles. The van der Waals surface area contributed by atoms with Gasteiger partial charge in [-0.3, -0.25) is 4.79 Å². The van der Waals surface area contributed by atoms with Crippen molar-refractivity contribution in [2.45, 2.75) is 19.3 Å². The number of aliphatic carboxylic acids is 2. The highest BCUT2D eigenvalue weighted by Crippen LogP contribution is 1.95. The Morgan fingerprint density at radius 2 is 1.40 bits per heavy atom. The van der Waals surface area contributed by atoms with E-state index in [1.165, 1.54) is 0 Å². The molecule has 0 unspecified atom stereocenters. The van der Waals surface area contributed by atoms with Crippen LogP contribution in [-0.2, 0) is 9.59 Å². The van der Waals surface area contributed by atoms with Gasteiger partial charge in [0.2, 0.25) is 0 Å². The van der Waals surface area contributed by atoms with E-state index < -0.39 is 18.4 Å². The van der Waals surface area contributed by atoms with Gasteiger partial charge in [-0.2, -0.15) is 0 Å². The summed E-state index contributed by atoms with van der Waals surface area (Å²) in [6.07, 6.45) is 0.933. The van der Waals surface area contributed by atoms with Crippen molar-refractivity contribution in [2.75, 3.05) is 13.2 Å². The summed E-state index contributed by atoms with van der Waals surface area (Å²) in [5.41, 5.74) is -0.303. The lowest BCUT2D eigenvalue weighted by Crippen LogP contribution is -2.04. The first kappa shape index (κ1) is 16.0. The maximum Gasteiger partial charge on any atom is 0.331 e. The van der Waals surface area contributed by atoms with Gasteiger partial charge >= 0.3 is 11.9 Å². The fourth-order valence-electron chi connectivity index (χ4n) is 0.482. The van der Waals surface area contributed by atoms with Crippen LogP contribution in [0.2, 0.25) is 0 Å². The first-order chi connectivity index (χ1) is 6.95. The molecule has 0 aliphatic heterocycles. The van der Waals surface area contributed by atoms with Gasteiger partial charge in [0.15, 0.2) is 0 Å². The predicted molar refractivity (Wildman–Crippen MR) is 52.4 cm³/mol. The number of carboxylic acid groups (broad SMARTS) is 2. The third kappa shape index (κ3) is 15.4. The molecule has 0 aromatic heterocycles. The molecule has 0 aliphatic carbocycles. The Morgan fingerprint density at radius 1 is 1.00 bits per heavy atom. The molecule has 4 N–H and O–H groups in total. The average molecular weight is 220 g/mol. The standard InChI is InChI=1S/C5H6O4.C4H10O2/c1-3(5(8)9)2-4(6)7;5-3-1-2-4-6/h1-2H2,(H,6,7)(H,8,9);5-6H,1-4H2. The van der Waals surface area contributed by atoms with Crippen molar-refractivity contribution in [1.29, 1.82) is 0 Å². The van der Waals surface area contributed by atoms with Crippen molar-refractivity contribution in [1.82, 2.24) is 0 Å². The Hall–Kier alpha value is -1.40. The van der Waals surface area contributed by atoms with Crippen LogP contribution in [0.15, 0.2) is 12.2 Å². The number of rotatable bonds is 6. The highest BCUT2D eigenvalue weighted by atomic mass is 16.4. The number of aliphatic hydroxyl groups is 2. The lowest BCUT2D eigenvalue weighted by Gasteiger charge is -1.91. The summed E-state index contributed by atoms with van der Waals surface area (Å²) in [5.74, 6) is -2.44. The van der Waals surface area contributed by atoms with E-state index in [2.05, 4.69) is 6.58 Å². The molecule has 0 saturated heterocycles. The van der Waals surface area contributed by atoms with Gasteiger partial charge in [-0.1, -0.05) is 6.58 Å². The molecular formula is C9H16O6. The van der Waals surface area contributed by atoms with Gasteiger partial charge < -0.3 is 20.4 Å². The maximum atomic E-state index is 9.87. The minimum absolute atomic E-state index is 0.195. The Balaban J connectivity index is 0. The molecule has 0 rings (SSSR count). The van der Waals surface area contributed by atoms with E-state index in [4.69, 9.17) is 20.4 Å². The molecule has 0 bridgehead atoms. The van der Waals surface area contributed by atoms with E-state index in [1.54, 1.807) is 0 Å². The fraction of sp³-hybridized carbons (Fsp3) is 0.556. The molecule has 0 fully saturated rings. The van der Waals surface area contributed by atoms with Crippen LogP contribution in [0, 0.1) is 0 Å². The van der Waals surface area contributed by atoms with Gasteiger partial charge in [-0.25, -0.2) is 4.79 Å². The number of carboxylic acids is 2. The second-order valence-corrected chi connectivity index (χ2v) is 2.63. The monoisotopic (exact) mass is 220 g/mol. The van der Waals surface area contributed by atoms with Crippen LogP contribution in [0.4, 0.5) is 0 Å². The van der Waals surface area contributed by atoms with Crippen molar-refractivity contribution >= 4 is 11.9 Å². The zero-order valence-corrected chi connectivity index (χ0v) is 8.35. The van der Waals surface area contributed by atoms with E-state index in [0.29, 0.717) is 0 Å². The summed E-state index contributed by atoms with van der Waals surface area (Å²) in [4.78, 5) is 19.7. The van der Waals surface area contributed by atoms with Crippen LogP contribution >= 0.6 is 0 Å². The van der Waals surface area contributed by atoms with Crippen molar-refractivity contribution in [3.05, 3.63) is 12.2 Å². The van der Waals surface area contributed by atoms with Crippen molar-refractivity contribution in [3.63, 3.8) is 0 Å². The number of aliphatic hydroxyl groups excluding tert-OH is 2.